The largest absolute Gasteiger partial charge is 0.495 e. The molecular weight excluding hydrogens is 488 g/mol. The van der Waals surface area contributed by atoms with Crippen LogP contribution < -0.4 is 10.1 Å². The number of ether oxygens (including phenoxy) is 5. The second-order valence-corrected chi connectivity index (χ2v) is 10.5. The smallest absolute Gasteiger partial charge is 0.437 e. The summed E-state index contributed by atoms with van der Waals surface area (Å²) in [7, 11) is 1.53. The van der Waals surface area contributed by atoms with E-state index in [9.17, 15) is 4.79 Å². The second kappa shape index (κ2) is 15.4. The highest BCUT2D eigenvalue weighted by atomic mass is 16.8. The molecule has 9 nitrogen and oxygen atoms in total. The first-order valence-electron chi connectivity index (χ1n) is 14.1. The Bertz CT molecular complexity index is 891. The minimum Gasteiger partial charge on any atom is -0.495 e. The van der Waals surface area contributed by atoms with Gasteiger partial charge in [-0.05, 0) is 39.3 Å². The highest BCUT2D eigenvalue weighted by molar-refractivity contribution is 5.90. The number of unbranched alkanes of at least 4 members (excludes halogenated alkanes) is 9. The number of methoxy groups -OCH3 is 1. The molecule has 2 aliphatic heterocycles. The van der Waals surface area contributed by atoms with Crippen LogP contribution in [0.1, 0.15) is 91.9 Å². The van der Waals surface area contributed by atoms with E-state index in [4.69, 9.17) is 28.5 Å². The van der Waals surface area contributed by atoms with Crippen molar-refractivity contribution in [3.8, 4) is 5.75 Å². The molecule has 3 rings (SSSR count). The number of para-hydroxylation sites is 2. The van der Waals surface area contributed by atoms with Crippen molar-refractivity contribution < 1.29 is 33.3 Å². The van der Waals surface area contributed by atoms with Crippen molar-refractivity contribution >= 4 is 17.5 Å². The summed E-state index contributed by atoms with van der Waals surface area (Å²) in [5.74, 6) is -0.244. The number of rotatable bonds is 16. The average molecular weight is 535 g/mol. The summed E-state index contributed by atoms with van der Waals surface area (Å²) in [6.45, 7) is 8.31. The fraction of sp³-hybridized carbons (Fsp3) is 0.724. The van der Waals surface area contributed by atoms with E-state index in [0.29, 0.717) is 23.8 Å². The lowest BCUT2D eigenvalue weighted by Crippen LogP contribution is -2.34. The third kappa shape index (κ3) is 9.22. The Morgan fingerprint density at radius 1 is 0.974 bits per heavy atom. The molecule has 214 valence electrons. The van der Waals surface area contributed by atoms with Gasteiger partial charge in [-0.1, -0.05) is 82.0 Å². The number of hydrogen-bond donors (Lipinski definition) is 1. The van der Waals surface area contributed by atoms with Crippen molar-refractivity contribution in [2.45, 2.75) is 122 Å². The van der Waals surface area contributed by atoms with Crippen LogP contribution in [0.4, 0.5) is 10.5 Å². The van der Waals surface area contributed by atoms with Crippen LogP contribution in [0.3, 0.4) is 0 Å². The first kappa shape index (κ1) is 30.3. The minimum atomic E-state index is -0.765. The third-order valence-electron chi connectivity index (χ3n) is 6.82. The predicted octanol–water partition coefficient (Wildman–Crippen LogP) is 6.80. The van der Waals surface area contributed by atoms with Gasteiger partial charge in [0.2, 0.25) is 0 Å². The van der Waals surface area contributed by atoms with E-state index < -0.39 is 30.4 Å². The van der Waals surface area contributed by atoms with Crippen molar-refractivity contribution in [1.29, 1.82) is 0 Å². The van der Waals surface area contributed by atoms with Gasteiger partial charge in [0.1, 0.15) is 24.1 Å². The number of anilines is 1. The Labute approximate surface area is 227 Å². The monoisotopic (exact) mass is 534 g/mol. The predicted molar refractivity (Wildman–Crippen MR) is 146 cm³/mol. The highest BCUT2D eigenvalue weighted by Crippen LogP contribution is 2.39. The SMILES string of the molecule is CCCCCCCCCCCCO[C@H]1O[C@H](/C(C)=N/OC(=O)Nc2ccccc2OC)[C@@H]2OC(C)(C)O[C@H]12. The second-order valence-electron chi connectivity index (χ2n) is 10.5. The van der Waals surface area contributed by atoms with Crippen molar-refractivity contribution in [3.05, 3.63) is 24.3 Å². The number of fused-ring (bicyclic) bond motifs is 1. The number of benzene rings is 1. The number of nitrogens with zero attached hydrogens (tertiary/aromatic N) is 1. The molecule has 0 radical (unpaired) electrons. The maximum atomic E-state index is 12.3. The molecule has 2 saturated heterocycles. The Hall–Kier alpha value is -2.20. The van der Waals surface area contributed by atoms with Crippen LogP contribution in [-0.2, 0) is 23.8 Å². The first-order valence-corrected chi connectivity index (χ1v) is 14.1. The van der Waals surface area contributed by atoms with Gasteiger partial charge in [-0.15, -0.1) is 0 Å². The topological polar surface area (TPSA) is 96.8 Å². The van der Waals surface area contributed by atoms with Gasteiger partial charge >= 0.3 is 6.09 Å². The molecule has 2 fully saturated rings. The van der Waals surface area contributed by atoms with E-state index >= 15 is 0 Å². The molecule has 0 saturated carbocycles. The Morgan fingerprint density at radius 2 is 1.61 bits per heavy atom. The molecule has 2 aliphatic rings. The van der Waals surface area contributed by atoms with Crippen molar-refractivity contribution in [2.75, 3.05) is 19.0 Å². The summed E-state index contributed by atoms with van der Waals surface area (Å²) in [6.07, 6.45) is 10.00. The lowest BCUT2D eigenvalue weighted by atomic mass is 10.1. The number of hydrogen-bond acceptors (Lipinski definition) is 8. The van der Waals surface area contributed by atoms with E-state index in [-0.39, 0.29) is 6.10 Å². The molecule has 0 aromatic heterocycles. The molecule has 2 heterocycles. The van der Waals surface area contributed by atoms with Gasteiger partial charge < -0.3 is 23.7 Å². The van der Waals surface area contributed by atoms with E-state index in [1.165, 1.54) is 58.5 Å². The summed E-state index contributed by atoms with van der Waals surface area (Å²) in [4.78, 5) is 17.4. The van der Waals surface area contributed by atoms with Gasteiger partial charge in [-0.3, -0.25) is 10.2 Å². The van der Waals surface area contributed by atoms with Gasteiger partial charge in [0.15, 0.2) is 12.1 Å². The molecule has 0 spiro atoms. The third-order valence-corrected chi connectivity index (χ3v) is 6.82. The molecule has 0 unspecified atom stereocenters. The number of carbonyl (C=O) groups excluding carboxylic acids is 1. The van der Waals surface area contributed by atoms with Crippen molar-refractivity contribution in [3.63, 3.8) is 0 Å². The summed E-state index contributed by atoms with van der Waals surface area (Å²) < 4.78 is 29.6. The number of oxime groups is 1. The number of nitrogens with one attached hydrogen (secondary N) is 1. The number of amides is 1. The highest BCUT2D eigenvalue weighted by Gasteiger charge is 2.56. The average Bonchev–Trinajstić information content (AvgIpc) is 3.39. The van der Waals surface area contributed by atoms with E-state index in [0.717, 1.165) is 12.8 Å². The molecule has 0 aliphatic carbocycles. The summed E-state index contributed by atoms with van der Waals surface area (Å²) in [6, 6.07) is 7.05. The quantitative estimate of drug-likeness (QED) is 0.108. The molecule has 0 bridgehead atoms. The van der Waals surface area contributed by atoms with Gasteiger partial charge in [0.25, 0.3) is 0 Å². The molecule has 1 amide bonds. The Balaban J connectivity index is 1.43. The lowest BCUT2D eigenvalue weighted by molar-refractivity contribution is -0.226. The zero-order valence-corrected chi connectivity index (χ0v) is 23.7. The molecule has 1 N–H and O–H groups in total. The van der Waals surface area contributed by atoms with Crippen LogP contribution in [0.25, 0.3) is 0 Å². The molecule has 4 atom stereocenters. The Morgan fingerprint density at radius 3 is 2.29 bits per heavy atom. The van der Waals surface area contributed by atoms with Crippen molar-refractivity contribution in [1.82, 2.24) is 0 Å². The fourth-order valence-corrected chi connectivity index (χ4v) is 4.87. The summed E-state index contributed by atoms with van der Waals surface area (Å²) in [5.41, 5.74) is 0.946. The van der Waals surface area contributed by atoms with Crippen molar-refractivity contribution in [2.24, 2.45) is 5.16 Å². The van der Waals surface area contributed by atoms with E-state index in [1.54, 1.807) is 25.1 Å². The first-order chi connectivity index (χ1) is 18.3. The van der Waals surface area contributed by atoms with Crippen LogP contribution in [0.15, 0.2) is 29.4 Å². The molecule has 38 heavy (non-hydrogen) atoms. The number of carbonyl (C=O) groups is 1. The lowest BCUT2D eigenvalue weighted by Gasteiger charge is -2.24. The summed E-state index contributed by atoms with van der Waals surface area (Å²) in [5, 5.41) is 6.63. The molecular formula is C29H46N2O7. The Kier molecular flexibility index (Phi) is 12.3. The van der Waals surface area contributed by atoms with Gasteiger partial charge in [-0.25, -0.2) is 4.79 Å². The minimum absolute atomic E-state index is 0.384. The zero-order valence-electron chi connectivity index (χ0n) is 23.7. The standard InChI is InChI=1S/C29H46N2O7/c1-6-7-8-9-10-11-12-13-14-17-20-34-27-26-25(36-29(3,4)37-26)24(35-27)21(2)31-38-28(32)30-22-18-15-16-19-23(22)33-5/h15-16,18-19,24-27H,6-14,17,20H2,1-5H3,(H,30,32)/b31-21+/t24-,25+,26+,27+/m1/s1. The van der Waals surface area contributed by atoms with Crippen LogP contribution in [0.5, 0.6) is 5.75 Å². The van der Waals surface area contributed by atoms with Crippen LogP contribution >= 0.6 is 0 Å². The van der Waals surface area contributed by atoms with Crippen LogP contribution in [0, 0.1) is 0 Å². The van der Waals surface area contributed by atoms with Gasteiger partial charge in [-0.2, -0.15) is 0 Å². The van der Waals surface area contributed by atoms with Crippen LogP contribution in [0.2, 0.25) is 0 Å². The molecule has 9 heteroatoms. The normalized spacial score (nSPS) is 24.3. The van der Waals surface area contributed by atoms with Gasteiger partial charge in [0, 0.05) is 6.61 Å². The maximum Gasteiger partial charge on any atom is 0.437 e. The summed E-state index contributed by atoms with van der Waals surface area (Å²) >= 11 is 0. The maximum absolute atomic E-state index is 12.3. The van der Waals surface area contributed by atoms with Gasteiger partial charge in [0.05, 0.1) is 18.5 Å². The molecule has 1 aromatic rings. The zero-order chi connectivity index (χ0) is 27.4. The van der Waals surface area contributed by atoms with E-state index in [1.807, 2.05) is 19.9 Å². The molecule has 1 aromatic carbocycles. The van der Waals surface area contributed by atoms with E-state index in [2.05, 4.69) is 17.4 Å². The van der Waals surface area contributed by atoms with Crippen LogP contribution in [-0.4, -0.2) is 55.9 Å². The fourth-order valence-electron chi connectivity index (χ4n) is 4.87.